The van der Waals surface area contributed by atoms with Gasteiger partial charge in [-0.2, -0.15) is 0 Å². The first-order chi connectivity index (χ1) is 13.1. The van der Waals surface area contributed by atoms with Gasteiger partial charge in [-0.05, 0) is 43.6 Å². The molecule has 5 nitrogen and oxygen atoms in total. The van der Waals surface area contributed by atoms with Crippen molar-refractivity contribution in [2.24, 2.45) is 11.8 Å². The lowest BCUT2D eigenvalue weighted by Gasteiger charge is -2.27. The predicted molar refractivity (Wildman–Crippen MR) is 102 cm³/mol. The zero-order chi connectivity index (χ0) is 19.1. The standard InChI is InChI=1S/C22H30O5/c23-20-12-10-17(19(20)15-21(24)25)9-11-18(14-16-6-2-1-3-7-16)27-22-8-4-5-13-26-22/h1-3,6-7,9,11,17-20,22-23H,4-5,8,10,12-15H2,(H,24,25). The molecular formula is C22H30O5. The van der Waals surface area contributed by atoms with Crippen molar-refractivity contribution in [2.45, 2.75) is 63.4 Å². The summed E-state index contributed by atoms with van der Waals surface area (Å²) < 4.78 is 11.9. The van der Waals surface area contributed by atoms with E-state index in [1.165, 1.54) is 5.56 Å². The Morgan fingerprint density at radius 2 is 2.04 bits per heavy atom. The number of ether oxygens (including phenoxy) is 2. The fourth-order valence-electron chi connectivity index (χ4n) is 4.09. The summed E-state index contributed by atoms with van der Waals surface area (Å²) in [7, 11) is 0. The van der Waals surface area contributed by atoms with E-state index in [9.17, 15) is 9.90 Å². The third-order valence-corrected chi connectivity index (χ3v) is 5.57. The summed E-state index contributed by atoms with van der Waals surface area (Å²) >= 11 is 0. The van der Waals surface area contributed by atoms with Gasteiger partial charge in [0.1, 0.15) is 0 Å². The van der Waals surface area contributed by atoms with E-state index in [0.717, 1.165) is 38.7 Å². The molecule has 1 heterocycles. The molecule has 2 aliphatic rings. The topological polar surface area (TPSA) is 76.0 Å². The Kier molecular flexibility index (Phi) is 7.44. The first kappa shape index (κ1) is 20.1. The Balaban J connectivity index is 1.67. The van der Waals surface area contributed by atoms with Crippen molar-refractivity contribution in [3.63, 3.8) is 0 Å². The smallest absolute Gasteiger partial charge is 0.303 e. The molecule has 5 heteroatoms. The van der Waals surface area contributed by atoms with E-state index in [1.807, 2.05) is 24.3 Å². The van der Waals surface area contributed by atoms with Crippen LogP contribution in [-0.4, -0.2) is 41.3 Å². The Morgan fingerprint density at radius 3 is 2.74 bits per heavy atom. The molecule has 1 aliphatic heterocycles. The molecule has 27 heavy (non-hydrogen) atoms. The lowest BCUT2D eigenvalue weighted by molar-refractivity contribution is -0.178. The first-order valence-electron chi connectivity index (χ1n) is 10.0. The molecule has 1 saturated carbocycles. The quantitative estimate of drug-likeness (QED) is 0.681. The Bertz CT molecular complexity index is 608. The zero-order valence-corrected chi connectivity index (χ0v) is 15.7. The Morgan fingerprint density at radius 1 is 1.22 bits per heavy atom. The van der Waals surface area contributed by atoms with Gasteiger partial charge >= 0.3 is 5.97 Å². The fraction of sp³-hybridized carbons (Fsp3) is 0.591. The third-order valence-electron chi connectivity index (χ3n) is 5.57. The minimum atomic E-state index is -0.855. The van der Waals surface area contributed by atoms with E-state index in [2.05, 4.69) is 18.2 Å². The number of carboxylic acid groups (broad SMARTS) is 1. The fourth-order valence-corrected chi connectivity index (χ4v) is 4.09. The van der Waals surface area contributed by atoms with Gasteiger partial charge in [0, 0.05) is 18.9 Å². The van der Waals surface area contributed by atoms with Crippen LogP contribution in [0.2, 0.25) is 0 Å². The summed E-state index contributed by atoms with van der Waals surface area (Å²) in [5, 5.41) is 19.2. The summed E-state index contributed by atoms with van der Waals surface area (Å²) in [6.45, 7) is 0.738. The highest BCUT2D eigenvalue weighted by molar-refractivity contribution is 5.67. The van der Waals surface area contributed by atoms with Crippen LogP contribution in [0.4, 0.5) is 0 Å². The average Bonchev–Trinajstić information content (AvgIpc) is 3.01. The van der Waals surface area contributed by atoms with Crippen molar-refractivity contribution in [1.82, 2.24) is 0 Å². The molecule has 0 amide bonds. The average molecular weight is 374 g/mol. The molecule has 0 aromatic heterocycles. The van der Waals surface area contributed by atoms with Gasteiger partial charge < -0.3 is 19.7 Å². The minimum Gasteiger partial charge on any atom is -0.481 e. The van der Waals surface area contributed by atoms with Crippen molar-refractivity contribution in [3.8, 4) is 0 Å². The first-order valence-corrected chi connectivity index (χ1v) is 10.0. The van der Waals surface area contributed by atoms with Crippen LogP contribution in [0.3, 0.4) is 0 Å². The van der Waals surface area contributed by atoms with Crippen LogP contribution in [0.1, 0.15) is 44.1 Å². The van der Waals surface area contributed by atoms with Gasteiger partial charge in [0.2, 0.25) is 0 Å². The van der Waals surface area contributed by atoms with Gasteiger partial charge in [-0.3, -0.25) is 4.79 Å². The van der Waals surface area contributed by atoms with E-state index < -0.39 is 12.1 Å². The van der Waals surface area contributed by atoms with Crippen molar-refractivity contribution in [3.05, 3.63) is 48.0 Å². The van der Waals surface area contributed by atoms with Gasteiger partial charge in [-0.1, -0.05) is 42.5 Å². The van der Waals surface area contributed by atoms with E-state index in [-0.39, 0.29) is 30.7 Å². The molecule has 1 saturated heterocycles. The Labute approximate surface area is 161 Å². The highest BCUT2D eigenvalue weighted by atomic mass is 16.7. The summed E-state index contributed by atoms with van der Waals surface area (Å²) in [6, 6.07) is 10.2. The molecule has 1 aromatic rings. The van der Waals surface area contributed by atoms with Crippen molar-refractivity contribution in [1.29, 1.82) is 0 Å². The van der Waals surface area contributed by atoms with E-state index in [1.54, 1.807) is 0 Å². The molecule has 148 valence electrons. The summed E-state index contributed by atoms with van der Waals surface area (Å²) in [5.41, 5.74) is 1.19. The van der Waals surface area contributed by atoms with Gasteiger partial charge in [0.05, 0.1) is 18.6 Å². The normalized spacial score (nSPS) is 29.8. The molecule has 0 radical (unpaired) electrons. The summed E-state index contributed by atoms with van der Waals surface area (Å²) in [4.78, 5) is 11.1. The molecule has 0 spiro atoms. The van der Waals surface area contributed by atoms with Crippen LogP contribution in [0, 0.1) is 11.8 Å². The molecule has 0 bridgehead atoms. The maximum Gasteiger partial charge on any atom is 0.303 e. The monoisotopic (exact) mass is 374 g/mol. The molecule has 2 fully saturated rings. The molecule has 5 atom stereocenters. The molecule has 5 unspecified atom stereocenters. The second kappa shape index (κ2) is 10.0. The lowest BCUT2D eigenvalue weighted by atomic mass is 9.90. The number of carbonyl (C=O) groups is 1. The number of aliphatic hydroxyl groups excluding tert-OH is 1. The number of hydrogen-bond acceptors (Lipinski definition) is 4. The highest BCUT2D eigenvalue weighted by Gasteiger charge is 2.35. The minimum absolute atomic E-state index is 0.00607. The number of benzene rings is 1. The lowest BCUT2D eigenvalue weighted by Crippen LogP contribution is -2.28. The number of hydrogen-bond donors (Lipinski definition) is 2. The van der Waals surface area contributed by atoms with Crippen LogP contribution in [-0.2, 0) is 20.7 Å². The van der Waals surface area contributed by atoms with Crippen LogP contribution in [0.5, 0.6) is 0 Å². The van der Waals surface area contributed by atoms with Crippen LogP contribution in [0.15, 0.2) is 42.5 Å². The van der Waals surface area contributed by atoms with Gasteiger partial charge in [-0.15, -0.1) is 0 Å². The summed E-state index contributed by atoms with van der Waals surface area (Å²) in [5.74, 6) is -1.00. The molecular weight excluding hydrogens is 344 g/mol. The largest absolute Gasteiger partial charge is 0.481 e. The predicted octanol–water partition coefficient (Wildman–Crippen LogP) is 3.56. The second-order valence-corrected chi connectivity index (χ2v) is 7.62. The van der Waals surface area contributed by atoms with Crippen molar-refractivity contribution < 1.29 is 24.5 Å². The van der Waals surface area contributed by atoms with Gasteiger partial charge in [0.15, 0.2) is 6.29 Å². The van der Waals surface area contributed by atoms with E-state index >= 15 is 0 Å². The van der Waals surface area contributed by atoms with Crippen LogP contribution in [0.25, 0.3) is 0 Å². The van der Waals surface area contributed by atoms with Crippen molar-refractivity contribution >= 4 is 5.97 Å². The number of carboxylic acids is 1. The maximum absolute atomic E-state index is 11.1. The summed E-state index contributed by atoms with van der Waals surface area (Å²) in [6.07, 6.45) is 8.58. The second-order valence-electron chi connectivity index (χ2n) is 7.62. The van der Waals surface area contributed by atoms with Crippen LogP contribution >= 0.6 is 0 Å². The zero-order valence-electron chi connectivity index (χ0n) is 15.7. The van der Waals surface area contributed by atoms with Crippen LogP contribution < -0.4 is 0 Å². The molecule has 1 aromatic carbocycles. The van der Waals surface area contributed by atoms with E-state index in [0.29, 0.717) is 6.42 Å². The van der Waals surface area contributed by atoms with Crippen molar-refractivity contribution in [2.75, 3.05) is 6.61 Å². The van der Waals surface area contributed by atoms with E-state index in [4.69, 9.17) is 14.6 Å². The molecule has 2 N–H and O–H groups in total. The third kappa shape index (κ3) is 6.16. The number of allylic oxidation sites excluding steroid dienone is 1. The Hall–Kier alpha value is -1.69. The molecule has 3 rings (SSSR count). The molecule has 1 aliphatic carbocycles. The SMILES string of the molecule is O=C(O)CC1C(O)CCC1C=CC(Cc1ccccc1)OC1CCCCO1. The highest BCUT2D eigenvalue weighted by Crippen LogP contribution is 2.35. The number of aliphatic carboxylic acids is 1. The van der Waals surface area contributed by atoms with Gasteiger partial charge in [0.25, 0.3) is 0 Å². The maximum atomic E-state index is 11.1. The number of aliphatic hydroxyl groups is 1. The number of rotatable bonds is 8. The van der Waals surface area contributed by atoms with Gasteiger partial charge in [-0.25, -0.2) is 0 Å².